The standard InChI is InChI=1S/C10H13N3O4/c14-8(9(15)16)6-13-10(17)12-5-7-1-3-11-4-2-7/h1-4,8,14H,5-6H2,(H,15,16)(H2,12,13,17). The highest BCUT2D eigenvalue weighted by Gasteiger charge is 2.13. The van der Waals surface area contributed by atoms with Gasteiger partial charge in [-0.1, -0.05) is 0 Å². The van der Waals surface area contributed by atoms with Gasteiger partial charge in [0.05, 0.1) is 6.54 Å². The van der Waals surface area contributed by atoms with E-state index in [1.165, 1.54) is 0 Å². The summed E-state index contributed by atoms with van der Waals surface area (Å²) in [6.07, 6.45) is 1.60. The molecule has 1 aromatic heterocycles. The predicted octanol–water partition coefficient (Wildman–Crippen LogP) is -0.674. The Labute approximate surface area is 97.5 Å². The number of nitrogens with one attached hydrogen (secondary N) is 2. The third-order valence-electron chi connectivity index (χ3n) is 1.94. The van der Waals surface area contributed by atoms with E-state index in [2.05, 4.69) is 15.6 Å². The van der Waals surface area contributed by atoms with Gasteiger partial charge in [-0.15, -0.1) is 0 Å². The van der Waals surface area contributed by atoms with Crippen molar-refractivity contribution in [2.45, 2.75) is 12.6 Å². The molecular weight excluding hydrogens is 226 g/mol. The Kier molecular flexibility index (Phi) is 4.89. The third kappa shape index (κ3) is 4.94. The van der Waals surface area contributed by atoms with Crippen LogP contribution in [0.3, 0.4) is 0 Å². The van der Waals surface area contributed by atoms with Gasteiger partial charge in [0.1, 0.15) is 0 Å². The van der Waals surface area contributed by atoms with Gasteiger partial charge in [0.25, 0.3) is 0 Å². The first-order valence-corrected chi connectivity index (χ1v) is 4.91. The number of carboxylic acid groups (broad SMARTS) is 1. The fourth-order valence-electron chi connectivity index (χ4n) is 1.02. The number of carboxylic acids is 1. The number of aliphatic hydroxyl groups is 1. The molecule has 1 heterocycles. The molecule has 7 nitrogen and oxygen atoms in total. The molecule has 1 rings (SSSR count). The van der Waals surface area contributed by atoms with Gasteiger partial charge < -0.3 is 20.8 Å². The van der Waals surface area contributed by atoms with E-state index in [4.69, 9.17) is 10.2 Å². The molecule has 1 atom stereocenters. The minimum absolute atomic E-state index is 0.303. The van der Waals surface area contributed by atoms with Gasteiger partial charge in [0.2, 0.25) is 0 Å². The van der Waals surface area contributed by atoms with Crippen molar-refractivity contribution in [3.05, 3.63) is 30.1 Å². The van der Waals surface area contributed by atoms with Crippen molar-refractivity contribution < 1.29 is 19.8 Å². The van der Waals surface area contributed by atoms with E-state index >= 15 is 0 Å². The van der Waals surface area contributed by atoms with E-state index in [0.29, 0.717) is 6.54 Å². The molecule has 0 aromatic carbocycles. The summed E-state index contributed by atoms with van der Waals surface area (Å²) < 4.78 is 0. The summed E-state index contributed by atoms with van der Waals surface area (Å²) in [6.45, 7) is -0.0327. The number of hydrogen-bond acceptors (Lipinski definition) is 4. The van der Waals surface area contributed by atoms with Gasteiger partial charge in [-0.2, -0.15) is 0 Å². The average Bonchev–Trinajstić information content (AvgIpc) is 2.34. The minimum Gasteiger partial charge on any atom is -0.479 e. The lowest BCUT2D eigenvalue weighted by atomic mass is 10.3. The molecule has 0 fully saturated rings. The van der Waals surface area contributed by atoms with Crippen molar-refractivity contribution in [3.8, 4) is 0 Å². The van der Waals surface area contributed by atoms with Gasteiger partial charge >= 0.3 is 12.0 Å². The molecule has 0 spiro atoms. The molecule has 0 bridgehead atoms. The maximum absolute atomic E-state index is 11.2. The van der Waals surface area contributed by atoms with Crippen LogP contribution < -0.4 is 10.6 Å². The quantitative estimate of drug-likeness (QED) is 0.544. The summed E-state index contributed by atoms with van der Waals surface area (Å²) in [4.78, 5) is 25.3. The van der Waals surface area contributed by atoms with Gasteiger partial charge in [-0.05, 0) is 17.7 Å². The van der Waals surface area contributed by atoms with Crippen LogP contribution in [0.15, 0.2) is 24.5 Å². The van der Waals surface area contributed by atoms with Crippen molar-refractivity contribution in [3.63, 3.8) is 0 Å². The van der Waals surface area contributed by atoms with Crippen LogP contribution in [0.2, 0.25) is 0 Å². The summed E-state index contributed by atoms with van der Waals surface area (Å²) in [5.74, 6) is -1.38. The molecule has 1 unspecified atom stereocenters. The Morgan fingerprint density at radius 1 is 1.29 bits per heavy atom. The molecule has 0 saturated heterocycles. The second kappa shape index (κ2) is 6.44. The second-order valence-corrected chi connectivity index (χ2v) is 3.27. The first-order valence-electron chi connectivity index (χ1n) is 4.91. The smallest absolute Gasteiger partial charge is 0.334 e. The van der Waals surface area contributed by atoms with Crippen LogP contribution in [-0.4, -0.2) is 39.8 Å². The van der Waals surface area contributed by atoms with Crippen LogP contribution >= 0.6 is 0 Å². The first-order chi connectivity index (χ1) is 8.09. The van der Waals surface area contributed by atoms with E-state index in [0.717, 1.165) is 5.56 Å². The maximum Gasteiger partial charge on any atom is 0.334 e. The highest BCUT2D eigenvalue weighted by molar-refractivity contribution is 5.76. The zero-order valence-corrected chi connectivity index (χ0v) is 8.96. The topological polar surface area (TPSA) is 112 Å². The Balaban J connectivity index is 2.24. The number of rotatable bonds is 5. The van der Waals surface area contributed by atoms with E-state index in [1.807, 2.05) is 0 Å². The molecule has 4 N–H and O–H groups in total. The van der Waals surface area contributed by atoms with E-state index in [9.17, 15) is 9.59 Å². The fourth-order valence-corrected chi connectivity index (χ4v) is 1.02. The molecule has 0 aliphatic carbocycles. The molecule has 0 aliphatic heterocycles. The minimum atomic E-state index is -1.60. The maximum atomic E-state index is 11.2. The van der Waals surface area contributed by atoms with Crippen molar-refractivity contribution in [2.75, 3.05) is 6.54 Å². The molecule has 7 heteroatoms. The molecular formula is C10H13N3O4. The van der Waals surface area contributed by atoms with Crippen LogP contribution in [-0.2, 0) is 11.3 Å². The summed E-state index contributed by atoms with van der Waals surface area (Å²) in [7, 11) is 0. The van der Waals surface area contributed by atoms with Crippen LogP contribution in [0.5, 0.6) is 0 Å². The van der Waals surface area contributed by atoms with Crippen molar-refractivity contribution in [2.24, 2.45) is 0 Å². The van der Waals surface area contributed by atoms with E-state index in [-0.39, 0.29) is 6.54 Å². The zero-order chi connectivity index (χ0) is 12.7. The lowest BCUT2D eigenvalue weighted by molar-refractivity contribution is -0.146. The van der Waals surface area contributed by atoms with Crippen LogP contribution in [0, 0.1) is 0 Å². The number of aliphatic hydroxyl groups excluding tert-OH is 1. The molecule has 0 aliphatic rings. The number of amides is 2. The lowest BCUT2D eigenvalue weighted by Gasteiger charge is -2.09. The zero-order valence-electron chi connectivity index (χ0n) is 8.96. The van der Waals surface area contributed by atoms with Crippen molar-refractivity contribution >= 4 is 12.0 Å². The monoisotopic (exact) mass is 239 g/mol. The van der Waals surface area contributed by atoms with Crippen LogP contribution in [0.4, 0.5) is 4.79 Å². The summed E-state index contributed by atoms with van der Waals surface area (Å²) in [5.41, 5.74) is 0.869. The lowest BCUT2D eigenvalue weighted by Crippen LogP contribution is -2.41. The number of urea groups is 1. The molecule has 92 valence electrons. The van der Waals surface area contributed by atoms with E-state index < -0.39 is 18.1 Å². The SMILES string of the molecule is O=C(NCc1ccncc1)NCC(O)C(=O)O. The normalized spacial score (nSPS) is 11.6. The Morgan fingerprint density at radius 2 is 1.94 bits per heavy atom. The summed E-state index contributed by atoms with van der Waals surface area (Å²) >= 11 is 0. The highest BCUT2D eigenvalue weighted by atomic mass is 16.4. The Morgan fingerprint density at radius 3 is 2.53 bits per heavy atom. The van der Waals surface area contributed by atoms with Crippen LogP contribution in [0.1, 0.15) is 5.56 Å². The largest absolute Gasteiger partial charge is 0.479 e. The second-order valence-electron chi connectivity index (χ2n) is 3.27. The summed E-state index contributed by atoms with van der Waals surface area (Å²) in [5, 5.41) is 22.0. The van der Waals surface area contributed by atoms with Gasteiger partial charge in [0.15, 0.2) is 6.10 Å². The Bertz CT molecular complexity index is 382. The van der Waals surface area contributed by atoms with Crippen molar-refractivity contribution in [1.29, 1.82) is 0 Å². The third-order valence-corrected chi connectivity index (χ3v) is 1.94. The molecule has 0 radical (unpaired) electrons. The number of nitrogens with zero attached hydrogens (tertiary/aromatic N) is 1. The molecule has 1 aromatic rings. The first kappa shape index (κ1) is 12.9. The van der Waals surface area contributed by atoms with E-state index in [1.54, 1.807) is 24.5 Å². The molecule has 0 saturated carbocycles. The number of aliphatic carboxylic acids is 1. The number of hydrogen-bond donors (Lipinski definition) is 4. The van der Waals surface area contributed by atoms with Crippen LogP contribution in [0.25, 0.3) is 0 Å². The predicted molar refractivity (Wildman–Crippen MR) is 58.1 cm³/mol. The van der Waals surface area contributed by atoms with Crippen molar-refractivity contribution in [1.82, 2.24) is 15.6 Å². The number of carbonyl (C=O) groups excluding carboxylic acids is 1. The number of aromatic nitrogens is 1. The highest BCUT2D eigenvalue weighted by Crippen LogP contribution is 1.94. The fraction of sp³-hybridized carbons (Fsp3) is 0.300. The average molecular weight is 239 g/mol. The molecule has 17 heavy (non-hydrogen) atoms. The number of carbonyl (C=O) groups is 2. The number of pyridine rings is 1. The van der Waals surface area contributed by atoms with Gasteiger partial charge in [-0.25, -0.2) is 9.59 Å². The van der Waals surface area contributed by atoms with Gasteiger partial charge in [0, 0.05) is 18.9 Å². The van der Waals surface area contributed by atoms with Gasteiger partial charge in [-0.3, -0.25) is 4.98 Å². The molecule has 2 amide bonds. The summed E-state index contributed by atoms with van der Waals surface area (Å²) in [6, 6.07) is 2.95. The Hall–Kier alpha value is -2.15.